The summed E-state index contributed by atoms with van der Waals surface area (Å²) in [5, 5.41) is 18.2. The van der Waals surface area contributed by atoms with Crippen LogP contribution < -0.4 is 14.2 Å². The average molecular weight is 445 g/mol. The van der Waals surface area contributed by atoms with Crippen molar-refractivity contribution in [3.63, 3.8) is 0 Å². The van der Waals surface area contributed by atoms with Crippen LogP contribution in [0.5, 0.6) is 17.2 Å². The number of nitro groups is 1. The first kappa shape index (κ1) is 20.8. The van der Waals surface area contributed by atoms with Crippen molar-refractivity contribution in [1.82, 2.24) is 5.01 Å². The minimum absolute atomic E-state index is 0.0330. The third-order valence-corrected chi connectivity index (χ3v) is 6.06. The van der Waals surface area contributed by atoms with Crippen molar-refractivity contribution >= 4 is 11.4 Å². The molecule has 3 aromatic carbocycles. The molecular formula is C25H23N3O5. The molecule has 2 atom stereocenters. The van der Waals surface area contributed by atoms with Crippen LogP contribution in [0.3, 0.4) is 0 Å². The fourth-order valence-corrected chi connectivity index (χ4v) is 4.33. The SMILES string of the molecule is COc1ccc(C2=NN3C(C2)c2cc([N+](=O)[O-])ccc2OC3c2ccc(C)cc2)cc1OC. The van der Waals surface area contributed by atoms with Gasteiger partial charge in [0.1, 0.15) is 5.75 Å². The highest BCUT2D eigenvalue weighted by molar-refractivity contribution is 6.02. The third kappa shape index (κ3) is 3.63. The molecule has 2 aliphatic heterocycles. The van der Waals surface area contributed by atoms with E-state index < -0.39 is 6.23 Å². The van der Waals surface area contributed by atoms with Gasteiger partial charge in [-0.15, -0.1) is 0 Å². The van der Waals surface area contributed by atoms with E-state index in [1.807, 2.05) is 54.4 Å². The molecule has 2 unspecified atom stereocenters. The van der Waals surface area contributed by atoms with Gasteiger partial charge in [-0.1, -0.05) is 29.8 Å². The maximum absolute atomic E-state index is 11.4. The van der Waals surface area contributed by atoms with Crippen molar-refractivity contribution < 1.29 is 19.1 Å². The number of methoxy groups -OCH3 is 2. The molecule has 0 aliphatic carbocycles. The molecule has 0 fully saturated rings. The minimum atomic E-state index is -0.442. The fourth-order valence-electron chi connectivity index (χ4n) is 4.33. The number of non-ortho nitro benzene ring substituents is 1. The highest BCUT2D eigenvalue weighted by atomic mass is 16.6. The molecule has 0 N–H and O–H groups in total. The predicted octanol–water partition coefficient (Wildman–Crippen LogP) is 5.16. The van der Waals surface area contributed by atoms with Gasteiger partial charge < -0.3 is 14.2 Å². The highest BCUT2D eigenvalue weighted by Gasteiger charge is 2.41. The quantitative estimate of drug-likeness (QED) is 0.398. The van der Waals surface area contributed by atoms with E-state index in [0.717, 1.165) is 28.0 Å². The van der Waals surface area contributed by atoms with Crippen molar-refractivity contribution in [2.75, 3.05) is 14.2 Å². The number of nitrogens with zero attached hydrogens (tertiary/aromatic N) is 3. The van der Waals surface area contributed by atoms with E-state index in [1.165, 1.54) is 6.07 Å². The first-order valence-corrected chi connectivity index (χ1v) is 10.6. The Balaban J connectivity index is 1.59. The smallest absolute Gasteiger partial charge is 0.270 e. The number of hydrazone groups is 1. The van der Waals surface area contributed by atoms with Crippen molar-refractivity contribution in [1.29, 1.82) is 0 Å². The van der Waals surface area contributed by atoms with E-state index in [2.05, 4.69) is 0 Å². The van der Waals surface area contributed by atoms with Gasteiger partial charge in [0.05, 0.1) is 30.9 Å². The third-order valence-electron chi connectivity index (χ3n) is 6.06. The number of benzene rings is 3. The average Bonchev–Trinajstić information content (AvgIpc) is 3.29. The summed E-state index contributed by atoms with van der Waals surface area (Å²) in [6.45, 7) is 2.03. The largest absolute Gasteiger partial charge is 0.493 e. The summed E-state index contributed by atoms with van der Waals surface area (Å²) >= 11 is 0. The summed E-state index contributed by atoms with van der Waals surface area (Å²) in [5.74, 6) is 1.89. The Labute approximate surface area is 191 Å². The summed E-state index contributed by atoms with van der Waals surface area (Å²) in [5.41, 5.74) is 4.65. The summed E-state index contributed by atoms with van der Waals surface area (Å²) in [6.07, 6.45) is 0.136. The second-order valence-corrected chi connectivity index (χ2v) is 8.08. The Morgan fingerprint density at radius 2 is 1.79 bits per heavy atom. The molecule has 168 valence electrons. The van der Waals surface area contributed by atoms with Crippen molar-refractivity contribution in [2.45, 2.75) is 25.6 Å². The zero-order valence-corrected chi connectivity index (χ0v) is 18.5. The zero-order chi connectivity index (χ0) is 23.1. The van der Waals surface area contributed by atoms with E-state index in [1.54, 1.807) is 26.4 Å². The van der Waals surface area contributed by atoms with E-state index in [0.29, 0.717) is 23.7 Å². The van der Waals surface area contributed by atoms with Crippen molar-refractivity contribution in [3.05, 3.63) is 93.0 Å². The topological polar surface area (TPSA) is 86.4 Å². The van der Waals surface area contributed by atoms with Gasteiger partial charge >= 0.3 is 0 Å². The van der Waals surface area contributed by atoms with Crippen LogP contribution in [0.4, 0.5) is 5.69 Å². The van der Waals surface area contributed by atoms with Crippen LogP contribution in [0.15, 0.2) is 65.8 Å². The zero-order valence-electron chi connectivity index (χ0n) is 18.5. The molecule has 0 spiro atoms. The summed E-state index contributed by atoms with van der Waals surface area (Å²) in [4.78, 5) is 11.0. The lowest BCUT2D eigenvalue weighted by molar-refractivity contribution is -0.385. The molecule has 8 heteroatoms. The van der Waals surface area contributed by atoms with E-state index in [4.69, 9.17) is 19.3 Å². The number of rotatable bonds is 5. The maximum atomic E-state index is 11.4. The van der Waals surface area contributed by atoms with Gasteiger partial charge in [-0.2, -0.15) is 5.10 Å². The van der Waals surface area contributed by atoms with Crippen LogP contribution in [-0.4, -0.2) is 29.9 Å². The number of aryl methyl sites for hydroxylation is 1. The molecule has 5 rings (SSSR count). The molecule has 0 saturated carbocycles. The lowest BCUT2D eigenvalue weighted by Gasteiger charge is -2.38. The Bertz CT molecular complexity index is 1260. The molecule has 0 bridgehead atoms. The molecule has 2 aliphatic rings. The minimum Gasteiger partial charge on any atom is -0.493 e. The first-order chi connectivity index (χ1) is 16.0. The second kappa shape index (κ2) is 8.12. The molecule has 2 heterocycles. The monoisotopic (exact) mass is 445 g/mol. The van der Waals surface area contributed by atoms with Gasteiger partial charge in [0.15, 0.2) is 11.5 Å². The molecule has 0 radical (unpaired) electrons. The van der Waals surface area contributed by atoms with E-state index in [9.17, 15) is 10.1 Å². The van der Waals surface area contributed by atoms with Gasteiger partial charge in [0.25, 0.3) is 5.69 Å². The van der Waals surface area contributed by atoms with E-state index in [-0.39, 0.29) is 16.7 Å². The summed E-state index contributed by atoms with van der Waals surface area (Å²) < 4.78 is 17.1. The predicted molar refractivity (Wildman–Crippen MR) is 123 cm³/mol. The maximum Gasteiger partial charge on any atom is 0.270 e. The Morgan fingerprint density at radius 1 is 1.03 bits per heavy atom. The number of hydrogen-bond donors (Lipinski definition) is 0. The van der Waals surface area contributed by atoms with Gasteiger partial charge in [-0.3, -0.25) is 10.1 Å². The highest BCUT2D eigenvalue weighted by Crippen LogP contribution is 2.48. The van der Waals surface area contributed by atoms with Crippen LogP contribution in [-0.2, 0) is 0 Å². The van der Waals surface area contributed by atoms with Crippen molar-refractivity contribution in [3.8, 4) is 17.2 Å². The van der Waals surface area contributed by atoms with Gasteiger partial charge in [-0.25, -0.2) is 5.01 Å². The van der Waals surface area contributed by atoms with Gasteiger partial charge in [0, 0.05) is 35.2 Å². The summed E-state index contributed by atoms with van der Waals surface area (Å²) in [7, 11) is 3.19. The van der Waals surface area contributed by atoms with Crippen LogP contribution in [0.1, 0.15) is 40.9 Å². The molecule has 3 aromatic rings. The number of nitro benzene ring substituents is 1. The Hall–Kier alpha value is -4.07. The summed E-state index contributed by atoms with van der Waals surface area (Å²) in [6, 6.07) is 18.4. The number of hydrogen-bond acceptors (Lipinski definition) is 7. The van der Waals surface area contributed by atoms with Gasteiger partial charge in [-0.05, 0) is 31.2 Å². The molecule has 0 amide bonds. The molecule has 0 aromatic heterocycles. The van der Waals surface area contributed by atoms with Crippen molar-refractivity contribution in [2.24, 2.45) is 5.10 Å². The van der Waals surface area contributed by atoms with Crippen LogP contribution in [0, 0.1) is 17.0 Å². The normalized spacial score (nSPS) is 18.6. The van der Waals surface area contributed by atoms with Gasteiger partial charge in [0.2, 0.25) is 6.23 Å². The van der Waals surface area contributed by atoms with E-state index >= 15 is 0 Å². The molecule has 0 saturated heterocycles. The molecule has 33 heavy (non-hydrogen) atoms. The van der Waals surface area contributed by atoms with Crippen LogP contribution in [0.25, 0.3) is 0 Å². The fraction of sp³-hybridized carbons (Fsp3) is 0.240. The molecule has 8 nitrogen and oxygen atoms in total. The Morgan fingerprint density at radius 3 is 2.48 bits per heavy atom. The second-order valence-electron chi connectivity index (χ2n) is 8.08. The Kier molecular flexibility index (Phi) is 5.12. The lowest BCUT2D eigenvalue weighted by atomic mass is 9.95. The van der Waals surface area contributed by atoms with Crippen LogP contribution >= 0.6 is 0 Å². The standard InChI is InChI=1S/C25H23N3O5/c1-15-4-6-16(7-5-15)25-27-21(19-13-18(28(29)30)9-11-22(19)33-25)14-20(26-27)17-8-10-23(31-2)24(12-17)32-3/h4-13,21,25H,14H2,1-3H3. The van der Waals surface area contributed by atoms with Crippen LogP contribution in [0.2, 0.25) is 0 Å². The lowest BCUT2D eigenvalue weighted by Crippen LogP contribution is -2.33. The number of fused-ring (bicyclic) bond motifs is 3. The molecular weight excluding hydrogens is 422 g/mol. The number of ether oxygens (including phenoxy) is 3. The first-order valence-electron chi connectivity index (χ1n) is 10.6.